The van der Waals surface area contributed by atoms with Gasteiger partial charge in [0.05, 0.1) is 17.5 Å². The Labute approximate surface area is 109 Å². The molecule has 1 heterocycles. The van der Waals surface area contributed by atoms with Crippen LogP contribution in [0.25, 0.3) is 0 Å². The first-order chi connectivity index (χ1) is 8.01. The number of nitrogen functional groups attached to an aromatic ring is 1. The van der Waals surface area contributed by atoms with E-state index in [0.717, 1.165) is 10.2 Å². The molecule has 1 fully saturated rings. The fourth-order valence-electron chi connectivity index (χ4n) is 1.93. The molecule has 2 rings (SSSR count). The van der Waals surface area contributed by atoms with Crippen molar-refractivity contribution in [2.24, 2.45) is 0 Å². The topological polar surface area (TPSA) is 67.5 Å². The lowest BCUT2D eigenvalue weighted by atomic mass is 9.96. The summed E-state index contributed by atoms with van der Waals surface area (Å²) in [6, 6.07) is 5.61. The van der Waals surface area contributed by atoms with Crippen molar-refractivity contribution in [2.45, 2.75) is 25.0 Å². The molecule has 1 aromatic rings. The van der Waals surface area contributed by atoms with Gasteiger partial charge in [0.15, 0.2) is 0 Å². The number of nitrogens with one attached hydrogen (secondary N) is 1. The summed E-state index contributed by atoms with van der Waals surface area (Å²) in [5.41, 5.74) is 6.54. The van der Waals surface area contributed by atoms with E-state index in [1.165, 1.54) is 0 Å². The zero-order valence-electron chi connectivity index (χ0n) is 9.74. The smallest absolute Gasteiger partial charge is 0.110 e. The van der Waals surface area contributed by atoms with Crippen molar-refractivity contribution in [3.63, 3.8) is 0 Å². The highest BCUT2D eigenvalue weighted by Crippen LogP contribution is 2.28. The number of ether oxygens (including phenoxy) is 1. The van der Waals surface area contributed by atoms with Gasteiger partial charge in [0, 0.05) is 24.0 Å². The third-order valence-corrected chi connectivity index (χ3v) is 3.75. The highest BCUT2D eigenvalue weighted by molar-refractivity contribution is 9.10. The van der Waals surface area contributed by atoms with Gasteiger partial charge in [-0.15, -0.1) is 0 Å². The summed E-state index contributed by atoms with van der Waals surface area (Å²) in [6.07, 6.45) is 0.498. The summed E-state index contributed by atoms with van der Waals surface area (Å²) in [5, 5.41) is 13.5. The maximum atomic E-state index is 10.3. The lowest BCUT2D eigenvalue weighted by Crippen LogP contribution is -2.43. The third-order valence-electron chi connectivity index (χ3n) is 3.26. The maximum Gasteiger partial charge on any atom is 0.110 e. The Bertz CT molecular complexity index is 413. The second-order valence-corrected chi connectivity index (χ2v) is 5.37. The molecule has 4 nitrogen and oxygen atoms in total. The van der Waals surface area contributed by atoms with Crippen LogP contribution in [0.2, 0.25) is 0 Å². The Morgan fingerprint density at radius 3 is 3.06 bits per heavy atom. The van der Waals surface area contributed by atoms with Gasteiger partial charge in [-0.2, -0.15) is 0 Å². The van der Waals surface area contributed by atoms with Gasteiger partial charge in [-0.3, -0.25) is 0 Å². The molecule has 1 aliphatic heterocycles. The lowest BCUT2D eigenvalue weighted by molar-refractivity contribution is -0.0175. The largest absolute Gasteiger partial charge is 0.397 e. The SMILES string of the molecule is CC1OCCC1(O)CNc1cc(Br)ccc1N. The fraction of sp³-hybridized carbons (Fsp3) is 0.500. The van der Waals surface area contributed by atoms with Crippen molar-refractivity contribution in [3.8, 4) is 0 Å². The minimum Gasteiger partial charge on any atom is -0.397 e. The molecule has 2 atom stereocenters. The van der Waals surface area contributed by atoms with Crippen LogP contribution in [-0.4, -0.2) is 30.0 Å². The Kier molecular flexibility index (Phi) is 3.61. The van der Waals surface area contributed by atoms with Crippen molar-refractivity contribution in [1.82, 2.24) is 0 Å². The zero-order valence-corrected chi connectivity index (χ0v) is 11.3. The van der Waals surface area contributed by atoms with E-state index in [-0.39, 0.29) is 6.10 Å². The minimum atomic E-state index is -0.811. The van der Waals surface area contributed by atoms with E-state index in [0.29, 0.717) is 25.3 Å². The van der Waals surface area contributed by atoms with Crippen LogP contribution in [0.5, 0.6) is 0 Å². The van der Waals surface area contributed by atoms with Crippen molar-refractivity contribution in [1.29, 1.82) is 0 Å². The van der Waals surface area contributed by atoms with Crippen molar-refractivity contribution in [2.75, 3.05) is 24.2 Å². The molecule has 5 heteroatoms. The number of aliphatic hydroxyl groups is 1. The van der Waals surface area contributed by atoms with Crippen LogP contribution in [-0.2, 0) is 4.74 Å². The van der Waals surface area contributed by atoms with Gasteiger partial charge in [-0.1, -0.05) is 15.9 Å². The van der Waals surface area contributed by atoms with Gasteiger partial charge in [-0.05, 0) is 25.1 Å². The minimum absolute atomic E-state index is 0.150. The number of anilines is 2. The second kappa shape index (κ2) is 4.84. The average Bonchev–Trinajstić information content (AvgIpc) is 2.61. The molecule has 94 valence electrons. The van der Waals surface area contributed by atoms with Crippen LogP contribution < -0.4 is 11.1 Å². The Balaban J connectivity index is 2.04. The quantitative estimate of drug-likeness (QED) is 0.747. The molecule has 0 aromatic heterocycles. The van der Waals surface area contributed by atoms with E-state index in [9.17, 15) is 5.11 Å². The molecule has 2 unspecified atom stereocenters. The first-order valence-electron chi connectivity index (χ1n) is 5.64. The number of rotatable bonds is 3. The van der Waals surface area contributed by atoms with E-state index in [2.05, 4.69) is 21.2 Å². The van der Waals surface area contributed by atoms with E-state index in [1.54, 1.807) is 0 Å². The first-order valence-corrected chi connectivity index (χ1v) is 6.43. The molecule has 1 aliphatic rings. The molecule has 0 saturated carbocycles. The first kappa shape index (κ1) is 12.7. The normalized spacial score (nSPS) is 28.3. The molecule has 4 N–H and O–H groups in total. The van der Waals surface area contributed by atoms with Crippen LogP contribution in [0, 0.1) is 0 Å². The van der Waals surface area contributed by atoms with Gasteiger partial charge in [0.2, 0.25) is 0 Å². The van der Waals surface area contributed by atoms with Crippen LogP contribution in [0.15, 0.2) is 22.7 Å². The highest BCUT2D eigenvalue weighted by atomic mass is 79.9. The Hall–Kier alpha value is -0.780. The molecule has 1 aromatic carbocycles. The van der Waals surface area contributed by atoms with E-state index < -0.39 is 5.60 Å². The number of hydrogen-bond acceptors (Lipinski definition) is 4. The van der Waals surface area contributed by atoms with Gasteiger partial charge < -0.3 is 20.9 Å². The van der Waals surface area contributed by atoms with Crippen molar-refractivity contribution in [3.05, 3.63) is 22.7 Å². The third kappa shape index (κ3) is 2.73. The predicted octanol–water partition coefficient (Wildman–Crippen LogP) is 1.98. The number of hydrogen-bond donors (Lipinski definition) is 3. The summed E-state index contributed by atoms with van der Waals surface area (Å²) < 4.78 is 6.34. The van der Waals surface area contributed by atoms with Gasteiger partial charge >= 0.3 is 0 Å². The number of benzene rings is 1. The lowest BCUT2D eigenvalue weighted by Gasteiger charge is -2.27. The van der Waals surface area contributed by atoms with Crippen LogP contribution >= 0.6 is 15.9 Å². The Morgan fingerprint density at radius 1 is 1.65 bits per heavy atom. The maximum absolute atomic E-state index is 10.3. The Morgan fingerprint density at radius 2 is 2.41 bits per heavy atom. The van der Waals surface area contributed by atoms with Gasteiger partial charge in [0.1, 0.15) is 5.60 Å². The van der Waals surface area contributed by atoms with Crippen LogP contribution in [0.3, 0.4) is 0 Å². The molecule has 0 aliphatic carbocycles. The molecule has 17 heavy (non-hydrogen) atoms. The van der Waals surface area contributed by atoms with Crippen molar-refractivity contribution < 1.29 is 9.84 Å². The monoisotopic (exact) mass is 300 g/mol. The zero-order chi connectivity index (χ0) is 12.5. The standard InChI is InChI=1S/C12H17BrN2O2/c1-8-12(16,4-5-17-8)7-15-11-6-9(13)2-3-10(11)14/h2-3,6,8,15-16H,4-5,7,14H2,1H3. The molecule has 0 bridgehead atoms. The fourth-order valence-corrected chi connectivity index (χ4v) is 2.29. The number of halogens is 1. The molecule has 0 amide bonds. The second-order valence-electron chi connectivity index (χ2n) is 4.45. The molecule has 0 radical (unpaired) electrons. The highest BCUT2D eigenvalue weighted by Gasteiger charge is 2.39. The summed E-state index contributed by atoms with van der Waals surface area (Å²) in [4.78, 5) is 0. The predicted molar refractivity (Wildman–Crippen MR) is 72.0 cm³/mol. The molecule has 0 spiro atoms. The summed E-state index contributed by atoms with van der Waals surface area (Å²) in [7, 11) is 0. The van der Waals surface area contributed by atoms with Crippen molar-refractivity contribution >= 4 is 27.3 Å². The van der Waals surface area contributed by atoms with E-state index >= 15 is 0 Å². The van der Waals surface area contributed by atoms with Crippen LogP contribution in [0.1, 0.15) is 13.3 Å². The number of nitrogens with two attached hydrogens (primary N) is 1. The summed E-state index contributed by atoms with van der Waals surface area (Å²) in [6.45, 7) is 2.93. The van der Waals surface area contributed by atoms with E-state index in [1.807, 2.05) is 25.1 Å². The van der Waals surface area contributed by atoms with Crippen LogP contribution in [0.4, 0.5) is 11.4 Å². The van der Waals surface area contributed by atoms with E-state index in [4.69, 9.17) is 10.5 Å². The summed E-state index contributed by atoms with van der Waals surface area (Å²) in [5.74, 6) is 0. The molecule has 1 saturated heterocycles. The van der Waals surface area contributed by atoms with Gasteiger partial charge in [-0.25, -0.2) is 0 Å². The summed E-state index contributed by atoms with van der Waals surface area (Å²) >= 11 is 3.39. The average molecular weight is 301 g/mol. The molecular weight excluding hydrogens is 284 g/mol. The van der Waals surface area contributed by atoms with Gasteiger partial charge in [0.25, 0.3) is 0 Å². The molecular formula is C12H17BrN2O2.